The zero-order valence-corrected chi connectivity index (χ0v) is 57.7. The number of halogens is 1. The van der Waals surface area contributed by atoms with Gasteiger partial charge in [0.1, 0.15) is 0 Å². The number of carbonyl (C=O) groups is 3. The van der Waals surface area contributed by atoms with Crippen molar-refractivity contribution in [2.45, 2.75) is 286 Å². The molecule has 2 unspecified atom stereocenters. The maximum Gasteiger partial charge on any atom is 1.00 e. The van der Waals surface area contributed by atoms with Crippen LogP contribution >= 0.6 is 12.4 Å². The first-order valence-corrected chi connectivity index (χ1v) is 32.8. The van der Waals surface area contributed by atoms with Gasteiger partial charge >= 0.3 is 29.6 Å². The first kappa shape index (κ1) is 84.9. The first-order chi connectivity index (χ1) is 39.4. The van der Waals surface area contributed by atoms with Gasteiger partial charge in [0.2, 0.25) is 11.8 Å². The second-order valence-corrected chi connectivity index (χ2v) is 22.8. The second kappa shape index (κ2) is 60.0. The van der Waals surface area contributed by atoms with Gasteiger partial charge in [0.15, 0.2) is 0 Å². The number of anilines is 2. The monoisotopic (exact) mass is 1190 g/mol. The van der Waals surface area contributed by atoms with Crippen LogP contribution in [0.2, 0.25) is 0 Å². The van der Waals surface area contributed by atoms with Crippen molar-refractivity contribution in [1.82, 2.24) is 9.80 Å². The second-order valence-electron chi connectivity index (χ2n) is 22.8. The summed E-state index contributed by atoms with van der Waals surface area (Å²) in [4.78, 5) is 50.3. The molecule has 12 heteroatoms. The van der Waals surface area contributed by atoms with E-state index in [9.17, 15) is 24.3 Å². The topological polar surface area (TPSA) is 152 Å². The van der Waals surface area contributed by atoms with Gasteiger partial charge in [-0.3, -0.25) is 25.7 Å². The van der Waals surface area contributed by atoms with Crippen LogP contribution in [0.25, 0.3) is 0 Å². The van der Waals surface area contributed by atoms with E-state index in [0.29, 0.717) is 6.42 Å². The van der Waals surface area contributed by atoms with Crippen LogP contribution in [-0.4, -0.2) is 77.6 Å². The molecule has 0 radical (unpaired) electrons. The fourth-order valence-electron chi connectivity index (χ4n) is 10.4. The number of amides is 2. The smallest absolute Gasteiger partial charge is 0.870 e. The predicted octanol–water partition coefficient (Wildman–Crippen LogP) is 15.5. The average molecular weight is 1200 g/mol. The van der Waals surface area contributed by atoms with Gasteiger partial charge in [-0.15, -0.1) is 12.4 Å². The molecule has 2 saturated heterocycles. The largest absolute Gasteiger partial charge is 1.00 e. The Balaban J connectivity index is -0.00000103. The number of unbranched alkanes of at least 4 members (excludes halogenated alkanes) is 19. The van der Waals surface area contributed by atoms with E-state index in [2.05, 4.69) is 149 Å². The molecular formula is C72H120ClN4NaO6-2. The molecule has 0 saturated carbocycles. The van der Waals surface area contributed by atoms with Gasteiger partial charge in [0.25, 0.3) is 0 Å². The van der Waals surface area contributed by atoms with Crippen LogP contribution in [0.3, 0.4) is 0 Å². The number of piperidine rings is 2. The average Bonchev–Trinajstić information content (AvgIpc) is 3.48. The summed E-state index contributed by atoms with van der Waals surface area (Å²) in [6.07, 6.45) is 58.6. The molecule has 0 spiro atoms. The molecule has 84 heavy (non-hydrogen) atoms. The van der Waals surface area contributed by atoms with E-state index < -0.39 is 5.97 Å². The fraction of sp³-hybridized carbons (Fsp3) is 0.667. The molecule has 2 aliphatic rings. The number of rotatable bonds is 38. The van der Waals surface area contributed by atoms with Crippen LogP contribution in [0.1, 0.15) is 268 Å². The Morgan fingerprint density at radius 3 is 1.18 bits per heavy atom. The number of nitrogens with one attached hydrogen (secondary N) is 2. The fourth-order valence-corrected chi connectivity index (χ4v) is 10.4. The quantitative estimate of drug-likeness (QED) is 0.0292. The molecule has 0 bridgehead atoms. The van der Waals surface area contributed by atoms with Crippen molar-refractivity contribution in [3.63, 3.8) is 0 Å². The molecule has 0 aromatic heterocycles. The molecule has 2 aromatic carbocycles. The Hall–Kier alpha value is -3.35. The third-order valence-electron chi connectivity index (χ3n) is 15.5. The van der Waals surface area contributed by atoms with E-state index >= 15 is 0 Å². The molecule has 474 valence electrons. The number of aryl methyl sites for hydroxylation is 4. The number of hydrogen-bond donors (Lipinski definition) is 2. The summed E-state index contributed by atoms with van der Waals surface area (Å²) < 4.78 is 0. The van der Waals surface area contributed by atoms with Crippen molar-refractivity contribution in [3.8, 4) is 0 Å². The number of likely N-dealkylation sites (tertiary alicyclic amines) is 2. The van der Waals surface area contributed by atoms with Gasteiger partial charge in [-0.05, 0) is 192 Å². The summed E-state index contributed by atoms with van der Waals surface area (Å²) in [5.74, 6) is -0.581. The van der Waals surface area contributed by atoms with Crippen molar-refractivity contribution in [1.29, 1.82) is 0 Å². The molecule has 2 fully saturated rings. The van der Waals surface area contributed by atoms with Crippen LogP contribution in [0, 0.1) is 27.7 Å². The number of hydrogen-bond acceptors (Lipinski definition) is 8. The Labute approximate surface area is 543 Å². The molecule has 2 heterocycles. The maximum absolute atomic E-state index is 12.7. The van der Waals surface area contributed by atoms with Crippen LogP contribution in [0.4, 0.5) is 11.4 Å². The summed E-state index contributed by atoms with van der Waals surface area (Å²) in [6.45, 7) is 21.3. The van der Waals surface area contributed by atoms with Gasteiger partial charge in [-0.2, -0.15) is 6.42 Å². The summed E-state index contributed by atoms with van der Waals surface area (Å²) >= 11 is 0. The summed E-state index contributed by atoms with van der Waals surface area (Å²) in [6, 6.07) is 12.4. The molecule has 0 aliphatic carbocycles. The molecule has 10 nitrogen and oxygen atoms in total. The Morgan fingerprint density at radius 2 is 0.833 bits per heavy atom. The van der Waals surface area contributed by atoms with Crippen LogP contribution in [0.15, 0.2) is 85.0 Å². The standard InChI is InChI=1S/2C18H28N2O.C18H32O2.C18H31O.ClH.Na.H2O/c2*1-4-5-12-20-13-7-6-11-16(20)18(21)19-17-14(2)9-8-10-15(17)3;1-2-3-4-5-6-7-8-9-10-11-12-13-14-15-16-17-18(19)20;1-2-3-4-5-6-7-8-9-10-11-12-13-14-15-16-17-18-19;;;/h2*8-10,16H,4-7,11-13H2,1-3H3,(H,19,21);6-7,9-10H,2-5,8,11-17H2,1H3,(H,19,20);6-7,9-10H,2-5,8,11-17H2,1H3;1H;;1H2/q;;;-1;;+1;/p-2/b;;2*7-6-,10-9-;;;. The van der Waals surface area contributed by atoms with Crippen molar-refractivity contribution < 1.29 is 59.3 Å². The van der Waals surface area contributed by atoms with E-state index in [1.807, 2.05) is 18.4 Å². The SMILES string of the molecule is CCCCC/C=C\C/C=C\CCCCCCCC(=O)[O-].CCCCC/C=C\C/C=C\CCCCCCC[C-]=O.CCCCN1CCCCC1C(=O)Nc1c(C)cccc1C.CCCCN1CCCCC1C(=O)Nc1c(C)cccc1C.Cl.[Na+].[OH-]. The number of allylic oxidation sites excluding steroid dienone is 8. The number of nitrogens with zero attached hydrogens (tertiary/aromatic N) is 2. The van der Waals surface area contributed by atoms with Crippen LogP contribution in [-0.2, 0) is 19.2 Å². The van der Waals surface area contributed by atoms with Crippen molar-refractivity contribution >= 4 is 47.9 Å². The number of carboxylic acids is 1. The van der Waals surface area contributed by atoms with Gasteiger partial charge in [-0.1, -0.05) is 209 Å². The van der Waals surface area contributed by atoms with E-state index in [0.717, 1.165) is 130 Å². The third kappa shape index (κ3) is 44.1. The molecule has 2 atom stereocenters. The molecule has 2 amide bonds. The molecular weight excluding hydrogens is 1080 g/mol. The molecule has 2 aromatic rings. The maximum atomic E-state index is 12.7. The van der Waals surface area contributed by atoms with Crippen LogP contribution in [0.5, 0.6) is 0 Å². The Morgan fingerprint density at radius 1 is 0.500 bits per heavy atom. The van der Waals surface area contributed by atoms with Crippen molar-refractivity contribution in [2.24, 2.45) is 0 Å². The van der Waals surface area contributed by atoms with E-state index in [-0.39, 0.29) is 77.8 Å². The van der Waals surface area contributed by atoms with Gasteiger partial charge in [-0.25, -0.2) is 0 Å². The van der Waals surface area contributed by atoms with E-state index in [1.54, 1.807) is 0 Å². The number of benzene rings is 2. The number of para-hydroxylation sites is 2. The molecule has 4 rings (SSSR count). The van der Waals surface area contributed by atoms with E-state index in [4.69, 9.17) is 0 Å². The van der Waals surface area contributed by atoms with Crippen molar-refractivity contribution in [2.75, 3.05) is 36.8 Å². The van der Waals surface area contributed by atoms with Gasteiger partial charge in [0, 0.05) is 17.3 Å². The molecule has 2 aliphatic heterocycles. The Kier molecular flexibility index (Phi) is 60.6. The van der Waals surface area contributed by atoms with Gasteiger partial charge in [0.05, 0.1) is 12.1 Å². The van der Waals surface area contributed by atoms with Gasteiger partial charge < -0.3 is 30.8 Å². The minimum atomic E-state index is -0.921. The summed E-state index contributed by atoms with van der Waals surface area (Å²) in [5, 5.41) is 16.6. The summed E-state index contributed by atoms with van der Waals surface area (Å²) in [7, 11) is 0. The minimum absolute atomic E-state index is 0. The van der Waals surface area contributed by atoms with E-state index in [1.165, 1.54) is 135 Å². The number of carbonyl (C=O) groups excluding carboxylic acids is 4. The third-order valence-corrected chi connectivity index (χ3v) is 15.5. The zero-order chi connectivity index (χ0) is 59.4. The minimum Gasteiger partial charge on any atom is -0.870 e. The molecule has 3 N–H and O–H groups in total. The zero-order valence-electron chi connectivity index (χ0n) is 54.9. The Bertz CT molecular complexity index is 1910. The normalized spacial score (nSPS) is 15.1. The van der Waals surface area contributed by atoms with Crippen molar-refractivity contribution in [3.05, 3.63) is 107 Å². The van der Waals surface area contributed by atoms with Crippen LogP contribution < -0.4 is 45.3 Å². The first-order valence-electron chi connectivity index (χ1n) is 32.8. The number of carboxylic acid groups (broad SMARTS) is 1. The summed E-state index contributed by atoms with van der Waals surface area (Å²) in [5.41, 5.74) is 6.53. The predicted molar refractivity (Wildman–Crippen MR) is 356 cm³/mol. The number of aliphatic carboxylic acids is 1.